The molecule has 1 unspecified atom stereocenters. The fourth-order valence-corrected chi connectivity index (χ4v) is 3.30. The van der Waals surface area contributed by atoms with Crippen molar-refractivity contribution in [1.29, 1.82) is 0 Å². The van der Waals surface area contributed by atoms with Crippen LogP contribution in [0.2, 0.25) is 0 Å². The van der Waals surface area contributed by atoms with Gasteiger partial charge in [0.2, 0.25) is 5.91 Å². The smallest absolute Gasteiger partial charge is 0.223 e. The fraction of sp³-hybridized carbons (Fsp3) is 0.500. The molecule has 0 radical (unpaired) electrons. The number of nitrogens with zero attached hydrogens (tertiary/aromatic N) is 3. The van der Waals surface area contributed by atoms with Crippen molar-refractivity contribution in [2.24, 2.45) is 7.05 Å². The Bertz CT molecular complexity index is 737. The zero-order valence-corrected chi connectivity index (χ0v) is 16.2. The lowest BCUT2D eigenvalue weighted by Gasteiger charge is -2.29. The number of benzene rings is 1. The van der Waals surface area contributed by atoms with Gasteiger partial charge in [-0.15, -0.1) is 0 Å². The van der Waals surface area contributed by atoms with Gasteiger partial charge in [0.05, 0.1) is 18.8 Å². The third-order valence-corrected chi connectivity index (χ3v) is 4.95. The quantitative estimate of drug-likeness (QED) is 0.772. The van der Waals surface area contributed by atoms with E-state index in [2.05, 4.69) is 18.9 Å². The van der Waals surface area contributed by atoms with Crippen LogP contribution in [0.25, 0.3) is 0 Å². The molecule has 0 bridgehead atoms. The van der Waals surface area contributed by atoms with Crippen molar-refractivity contribution in [2.45, 2.75) is 46.6 Å². The third kappa shape index (κ3) is 4.21. The van der Waals surface area contributed by atoms with Gasteiger partial charge >= 0.3 is 0 Å². The lowest BCUT2D eigenvalue weighted by atomic mass is 10.0. The van der Waals surface area contributed by atoms with E-state index in [0.717, 1.165) is 29.1 Å². The van der Waals surface area contributed by atoms with Crippen LogP contribution in [0.3, 0.4) is 0 Å². The van der Waals surface area contributed by atoms with E-state index in [-0.39, 0.29) is 11.9 Å². The summed E-state index contributed by atoms with van der Waals surface area (Å²) in [5.41, 5.74) is 4.41. The van der Waals surface area contributed by atoms with Gasteiger partial charge in [0, 0.05) is 25.7 Å². The number of hydrogen-bond acceptors (Lipinski definition) is 3. The van der Waals surface area contributed by atoms with Gasteiger partial charge in [-0.25, -0.2) is 0 Å². The molecule has 0 N–H and O–H groups in total. The van der Waals surface area contributed by atoms with Crippen LogP contribution >= 0.6 is 0 Å². The molecule has 0 aliphatic heterocycles. The molecule has 5 heteroatoms. The van der Waals surface area contributed by atoms with Crippen LogP contribution in [0.1, 0.15) is 48.8 Å². The summed E-state index contributed by atoms with van der Waals surface area (Å²) in [6.07, 6.45) is 1.22. The summed E-state index contributed by atoms with van der Waals surface area (Å²) in [6, 6.07) is 7.94. The second-order valence-electron chi connectivity index (χ2n) is 6.41. The maximum atomic E-state index is 12.8. The summed E-state index contributed by atoms with van der Waals surface area (Å²) in [4.78, 5) is 14.7. The van der Waals surface area contributed by atoms with Crippen molar-refractivity contribution in [3.8, 4) is 5.75 Å². The van der Waals surface area contributed by atoms with E-state index in [0.29, 0.717) is 13.0 Å². The Hall–Kier alpha value is -2.30. The van der Waals surface area contributed by atoms with Crippen LogP contribution in [0.15, 0.2) is 24.3 Å². The molecule has 0 fully saturated rings. The number of carbonyl (C=O) groups is 1. The Morgan fingerprint density at radius 1 is 1.36 bits per heavy atom. The molecule has 1 aromatic heterocycles. The SMILES string of the molecule is CCN(C(=O)CCc1c(C)nn(C)c1C)C(C)c1cccc(OC)c1. The largest absolute Gasteiger partial charge is 0.497 e. The molecule has 0 saturated heterocycles. The molecular formula is C20H29N3O2. The Morgan fingerprint density at radius 2 is 2.08 bits per heavy atom. The number of hydrogen-bond donors (Lipinski definition) is 0. The Kier molecular flexibility index (Phi) is 6.23. The predicted octanol–water partition coefficient (Wildman–Crippen LogP) is 3.59. The van der Waals surface area contributed by atoms with Gasteiger partial charge in [-0.2, -0.15) is 5.10 Å². The average Bonchev–Trinajstić information content (AvgIpc) is 2.85. The Morgan fingerprint density at radius 3 is 2.64 bits per heavy atom. The van der Waals surface area contributed by atoms with Crippen molar-refractivity contribution in [2.75, 3.05) is 13.7 Å². The lowest BCUT2D eigenvalue weighted by molar-refractivity contribution is -0.133. The molecule has 25 heavy (non-hydrogen) atoms. The Balaban J connectivity index is 2.09. The second kappa shape index (κ2) is 8.19. The summed E-state index contributed by atoms with van der Waals surface area (Å²) in [6.45, 7) is 8.83. The van der Waals surface area contributed by atoms with Gasteiger partial charge in [0.25, 0.3) is 0 Å². The maximum Gasteiger partial charge on any atom is 0.223 e. The van der Waals surface area contributed by atoms with Gasteiger partial charge in [-0.3, -0.25) is 9.48 Å². The minimum atomic E-state index is 0.0173. The topological polar surface area (TPSA) is 47.4 Å². The van der Waals surface area contributed by atoms with E-state index in [9.17, 15) is 4.79 Å². The molecular weight excluding hydrogens is 314 g/mol. The molecule has 1 heterocycles. The number of amides is 1. The summed E-state index contributed by atoms with van der Waals surface area (Å²) in [5.74, 6) is 0.981. The minimum absolute atomic E-state index is 0.0173. The molecule has 1 aromatic carbocycles. The van der Waals surface area contributed by atoms with E-state index in [1.807, 2.05) is 54.7 Å². The molecule has 0 spiro atoms. The summed E-state index contributed by atoms with van der Waals surface area (Å²) in [7, 11) is 3.60. The zero-order chi connectivity index (χ0) is 18.6. The van der Waals surface area contributed by atoms with Gasteiger partial charge < -0.3 is 9.64 Å². The monoisotopic (exact) mass is 343 g/mol. The first-order valence-electron chi connectivity index (χ1n) is 8.81. The van der Waals surface area contributed by atoms with Crippen molar-refractivity contribution in [3.63, 3.8) is 0 Å². The van der Waals surface area contributed by atoms with Crippen molar-refractivity contribution in [1.82, 2.24) is 14.7 Å². The average molecular weight is 343 g/mol. The molecule has 1 atom stereocenters. The normalized spacial score (nSPS) is 12.1. The molecule has 5 nitrogen and oxygen atoms in total. The van der Waals surface area contributed by atoms with Crippen molar-refractivity contribution < 1.29 is 9.53 Å². The first-order chi connectivity index (χ1) is 11.9. The van der Waals surface area contributed by atoms with Gasteiger partial charge in [0.15, 0.2) is 0 Å². The van der Waals surface area contributed by atoms with Crippen molar-refractivity contribution >= 4 is 5.91 Å². The lowest BCUT2D eigenvalue weighted by Crippen LogP contribution is -2.33. The highest BCUT2D eigenvalue weighted by Crippen LogP contribution is 2.25. The van der Waals surface area contributed by atoms with Gasteiger partial charge in [0.1, 0.15) is 5.75 Å². The van der Waals surface area contributed by atoms with Crippen LogP contribution in [0, 0.1) is 13.8 Å². The van der Waals surface area contributed by atoms with Crippen LogP contribution in [0.5, 0.6) is 5.75 Å². The van der Waals surface area contributed by atoms with Crippen LogP contribution in [0.4, 0.5) is 0 Å². The van der Waals surface area contributed by atoms with Gasteiger partial charge in [-0.05, 0) is 57.4 Å². The van der Waals surface area contributed by atoms with Crippen LogP contribution < -0.4 is 4.74 Å². The maximum absolute atomic E-state index is 12.8. The third-order valence-electron chi connectivity index (χ3n) is 4.95. The van der Waals surface area contributed by atoms with Crippen molar-refractivity contribution in [3.05, 3.63) is 46.8 Å². The Labute approximate surface area is 150 Å². The highest BCUT2D eigenvalue weighted by atomic mass is 16.5. The molecule has 0 saturated carbocycles. The summed E-state index contributed by atoms with van der Waals surface area (Å²) in [5, 5.41) is 4.43. The molecule has 1 amide bonds. The van der Waals surface area contributed by atoms with Gasteiger partial charge in [-0.1, -0.05) is 12.1 Å². The number of methoxy groups -OCH3 is 1. The van der Waals surface area contributed by atoms with E-state index < -0.39 is 0 Å². The van der Waals surface area contributed by atoms with E-state index in [1.165, 1.54) is 5.56 Å². The standard InChI is InChI=1S/C20H29N3O2/c1-7-23(15(3)17-9-8-10-18(13-17)25-6)20(24)12-11-19-14(2)21-22(5)16(19)4/h8-10,13,15H,7,11-12H2,1-6H3. The first-order valence-corrected chi connectivity index (χ1v) is 8.81. The second-order valence-corrected chi connectivity index (χ2v) is 6.41. The number of carbonyl (C=O) groups excluding carboxylic acids is 1. The van der Waals surface area contributed by atoms with Crippen LogP contribution in [-0.4, -0.2) is 34.2 Å². The molecule has 2 aromatic rings. The summed E-state index contributed by atoms with van der Waals surface area (Å²) >= 11 is 0. The van der Waals surface area contributed by atoms with E-state index in [1.54, 1.807) is 7.11 Å². The fourth-order valence-electron chi connectivity index (χ4n) is 3.30. The molecule has 136 valence electrons. The first kappa shape index (κ1) is 19.0. The number of aryl methyl sites for hydroxylation is 2. The molecule has 0 aliphatic carbocycles. The molecule has 0 aliphatic rings. The molecule has 2 rings (SSSR count). The highest BCUT2D eigenvalue weighted by molar-refractivity contribution is 5.77. The van der Waals surface area contributed by atoms with E-state index in [4.69, 9.17) is 4.74 Å². The minimum Gasteiger partial charge on any atom is -0.497 e. The number of rotatable bonds is 7. The predicted molar refractivity (Wildman–Crippen MR) is 99.8 cm³/mol. The van der Waals surface area contributed by atoms with Crippen LogP contribution in [-0.2, 0) is 18.3 Å². The highest BCUT2D eigenvalue weighted by Gasteiger charge is 2.21. The zero-order valence-electron chi connectivity index (χ0n) is 16.2. The number of ether oxygens (including phenoxy) is 1. The van der Waals surface area contributed by atoms with E-state index >= 15 is 0 Å². The summed E-state index contributed by atoms with van der Waals surface area (Å²) < 4.78 is 7.18. The number of aromatic nitrogens is 2.